The van der Waals surface area contributed by atoms with Crippen molar-refractivity contribution in [3.05, 3.63) is 42.2 Å². The molecule has 1 aromatic rings. The molecule has 0 fully saturated rings. The molecule has 0 aliphatic rings. The quantitative estimate of drug-likeness (QED) is 0.542. The first-order chi connectivity index (χ1) is 6.70. The average Bonchev–Trinajstić information content (AvgIpc) is 2.19. The lowest BCUT2D eigenvalue weighted by Gasteiger charge is -2.11. The molecule has 3 nitrogen and oxygen atoms in total. The fourth-order valence-electron chi connectivity index (χ4n) is 1.06. The molecule has 2 N–H and O–H groups in total. The van der Waals surface area contributed by atoms with E-state index in [1.54, 1.807) is 13.1 Å². The van der Waals surface area contributed by atoms with E-state index in [1.807, 2.05) is 18.2 Å². The molecule has 0 amide bonds. The van der Waals surface area contributed by atoms with Crippen molar-refractivity contribution in [3.63, 3.8) is 0 Å². The van der Waals surface area contributed by atoms with Crippen LogP contribution in [0.4, 0.5) is 0 Å². The van der Waals surface area contributed by atoms with Crippen LogP contribution < -0.4 is 5.32 Å². The van der Waals surface area contributed by atoms with Gasteiger partial charge in [0.25, 0.3) is 0 Å². The first-order valence-electron chi connectivity index (χ1n) is 4.67. The van der Waals surface area contributed by atoms with Gasteiger partial charge in [0.2, 0.25) is 0 Å². The van der Waals surface area contributed by atoms with Crippen molar-refractivity contribution in [1.82, 2.24) is 10.3 Å². The van der Waals surface area contributed by atoms with E-state index in [0.717, 1.165) is 17.7 Å². The fourth-order valence-corrected chi connectivity index (χ4v) is 1.06. The van der Waals surface area contributed by atoms with Crippen LogP contribution in [-0.4, -0.2) is 22.9 Å². The Kier molecular flexibility index (Phi) is 4.29. The highest BCUT2D eigenvalue weighted by Gasteiger charge is 2.02. The zero-order chi connectivity index (χ0) is 10.4. The Morgan fingerprint density at radius 2 is 2.43 bits per heavy atom. The number of hydrogen-bond donors (Lipinski definition) is 2. The first-order valence-corrected chi connectivity index (χ1v) is 4.67. The zero-order valence-electron chi connectivity index (χ0n) is 8.40. The third-order valence-corrected chi connectivity index (χ3v) is 1.91. The van der Waals surface area contributed by atoms with Gasteiger partial charge in [-0.3, -0.25) is 10.3 Å². The second-order valence-electron chi connectivity index (χ2n) is 3.27. The minimum absolute atomic E-state index is 0.612. The molecule has 14 heavy (non-hydrogen) atoms. The molecule has 0 saturated heterocycles. The van der Waals surface area contributed by atoms with Crippen LogP contribution in [0.15, 0.2) is 36.5 Å². The smallest absolute Gasteiger partial charge is 0.126 e. The Hall–Kier alpha value is -1.19. The van der Waals surface area contributed by atoms with Crippen LogP contribution in [0, 0.1) is 0 Å². The first kappa shape index (κ1) is 10.9. The highest BCUT2D eigenvalue weighted by atomic mass is 16.3. The number of aromatic nitrogens is 1. The van der Waals surface area contributed by atoms with Crippen molar-refractivity contribution in [3.8, 4) is 0 Å². The normalized spacial score (nSPS) is 12.4. The third-order valence-electron chi connectivity index (χ3n) is 1.91. The standard InChI is InChI=1S/C11H16N2O/c1-9(2)11(14)13-8-6-10-5-3-4-7-12-10/h3-5,7,11,13-14H,1,6,8H2,2H3. The van der Waals surface area contributed by atoms with Gasteiger partial charge in [0, 0.05) is 24.9 Å². The second kappa shape index (κ2) is 5.52. The van der Waals surface area contributed by atoms with Crippen molar-refractivity contribution in [2.45, 2.75) is 19.6 Å². The van der Waals surface area contributed by atoms with Gasteiger partial charge in [-0.05, 0) is 24.6 Å². The van der Waals surface area contributed by atoms with Crippen molar-refractivity contribution >= 4 is 0 Å². The lowest BCUT2D eigenvalue weighted by Crippen LogP contribution is -2.31. The largest absolute Gasteiger partial charge is 0.375 e. The zero-order valence-corrected chi connectivity index (χ0v) is 8.40. The summed E-state index contributed by atoms with van der Waals surface area (Å²) in [5.74, 6) is 0. The van der Waals surface area contributed by atoms with E-state index >= 15 is 0 Å². The number of aliphatic hydroxyl groups excluding tert-OH is 1. The van der Waals surface area contributed by atoms with Crippen molar-refractivity contribution in [2.24, 2.45) is 0 Å². The topological polar surface area (TPSA) is 45.1 Å². The van der Waals surface area contributed by atoms with Crippen molar-refractivity contribution in [2.75, 3.05) is 6.54 Å². The van der Waals surface area contributed by atoms with Crippen molar-refractivity contribution < 1.29 is 5.11 Å². The molecule has 0 aliphatic heterocycles. The molecule has 0 aliphatic carbocycles. The van der Waals surface area contributed by atoms with Crippen molar-refractivity contribution in [1.29, 1.82) is 0 Å². The molecule has 1 aromatic heterocycles. The maximum atomic E-state index is 9.37. The van der Waals surface area contributed by atoms with E-state index in [4.69, 9.17) is 0 Å². The van der Waals surface area contributed by atoms with E-state index in [9.17, 15) is 5.11 Å². The van der Waals surface area contributed by atoms with Crippen LogP contribution >= 0.6 is 0 Å². The Balaban J connectivity index is 2.26. The van der Waals surface area contributed by atoms with Gasteiger partial charge in [0.05, 0.1) is 0 Å². The van der Waals surface area contributed by atoms with Gasteiger partial charge in [0.15, 0.2) is 0 Å². The molecule has 1 atom stereocenters. The molecule has 0 aromatic carbocycles. The molecule has 1 heterocycles. The molecule has 1 rings (SSSR count). The van der Waals surface area contributed by atoms with E-state index in [2.05, 4.69) is 16.9 Å². The van der Waals surface area contributed by atoms with Gasteiger partial charge >= 0.3 is 0 Å². The van der Waals surface area contributed by atoms with Crippen LogP contribution in [0.5, 0.6) is 0 Å². The molecule has 0 radical (unpaired) electrons. The van der Waals surface area contributed by atoms with Gasteiger partial charge in [-0.25, -0.2) is 0 Å². The maximum absolute atomic E-state index is 9.37. The van der Waals surface area contributed by atoms with E-state index in [0.29, 0.717) is 6.54 Å². The number of pyridine rings is 1. The number of nitrogens with one attached hydrogen (secondary N) is 1. The summed E-state index contributed by atoms with van der Waals surface area (Å²) in [5, 5.41) is 12.3. The molecule has 0 bridgehead atoms. The average molecular weight is 192 g/mol. The number of rotatable bonds is 5. The Labute approximate surface area is 84.5 Å². The maximum Gasteiger partial charge on any atom is 0.126 e. The van der Waals surface area contributed by atoms with Crippen LogP contribution in [0.2, 0.25) is 0 Å². The summed E-state index contributed by atoms with van der Waals surface area (Å²) in [6.45, 7) is 6.14. The summed E-state index contributed by atoms with van der Waals surface area (Å²) in [6, 6.07) is 5.81. The van der Waals surface area contributed by atoms with Crippen LogP contribution in [-0.2, 0) is 6.42 Å². The Morgan fingerprint density at radius 3 is 3.00 bits per heavy atom. The Morgan fingerprint density at radius 1 is 1.64 bits per heavy atom. The van der Waals surface area contributed by atoms with Gasteiger partial charge in [-0.2, -0.15) is 0 Å². The number of nitrogens with zero attached hydrogens (tertiary/aromatic N) is 1. The highest BCUT2D eigenvalue weighted by Crippen LogP contribution is 1.96. The van der Waals surface area contributed by atoms with Gasteiger partial charge < -0.3 is 5.11 Å². The summed E-state index contributed by atoms with van der Waals surface area (Å²) in [5.41, 5.74) is 1.75. The molecule has 1 unspecified atom stereocenters. The molecule has 3 heteroatoms. The van der Waals surface area contributed by atoms with Gasteiger partial charge in [-0.1, -0.05) is 12.6 Å². The molecular formula is C11H16N2O. The SMILES string of the molecule is C=C(C)C(O)NCCc1ccccn1. The monoisotopic (exact) mass is 192 g/mol. The molecule has 0 saturated carbocycles. The highest BCUT2D eigenvalue weighted by molar-refractivity contribution is 5.04. The summed E-state index contributed by atoms with van der Waals surface area (Å²) in [6.07, 6.45) is 1.97. The minimum atomic E-state index is -0.612. The molecule has 76 valence electrons. The van der Waals surface area contributed by atoms with Gasteiger partial charge in [-0.15, -0.1) is 0 Å². The van der Waals surface area contributed by atoms with E-state index in [-0.39, 0.29) is 0 Å². The third kappa shape index (κ3) is 3.68. The lowest BCUT2D eigenvalue weighted by molar-refractivity contribution is 0.174. The van der Waals surface area contributed by atoms with Crippen LogP contribution in [0.3, 0.4) is 0 Å². The minimum Gasteiger partial charge on any atom is -0.375 e. The van der Waals surface area contributed by atoms with E-state index < -0.39 is 6.23 Å². The predicted octanol–water partition coefficient (Wildman–Crippen LogP) is 1.11. The van der Waals surface area contributed by atoms with Crippen LogP contribution in [0.25, 0.3) is 0 Å². The summed E-state index contributed by atoms with van der Waals surface area (Å²) < 4.78 is 0. The van der Waals surface area contributed by atoms with E-state index in [1.165, 1.54) is 0 Å². The lowest BCUT2D eigenvalue weighted by atomic mass is 10.2. The predicted molar refractivity (Wildman–Crippen MR) is 56.8 cm³/mol. The van der Waals surface area contributed by atoms with Gasteiger partial charge in [0.1, 0.15) is 6.23 Å². The fraction of sp³-hybridized carbons (Fsp3) is 0.364. The molecule has 0 spiro atoms. The summed E-state index contributed by atoms with van der Waals surface area (Å²) in [7, 11) is 0. The molecular weight excluding hydrogens is 176 g/mol. The Bertz CT molecular complexity index is 285. The second-order valence-corrected chi connectivity index (χ2v) is 3.27. The number of aliphatic hydroxyl groups is 1. The van der Waals surface area contributed by atoms with Crippen LogP contribution in [0.1, 0.15) is 12.6 Å². The summed E-state index contributed by atoms with van der Waals surface area (Å²) in [4.78, 5) is 4.18. The summed E-state index contributed by atoms with van der Waals surface area (Å²) >= 11 is 0. The number of hydrogen-bond acceptors (Lipinski definition) is 3.